The summed E-state index contributed by atoms with van der Waals surface area (Å²) < 4.78 is 16.0. The van der Waals surface area contributed by atoms with Crippen LogP contribution in [0.1, 0.15) is 11.6 Å². The molecule has 0 saturated heterocycles. The maximum Gasteiger partial charge on any atom is 0.260 e. The van der Waals surface area contributed by atoms with Crippen LogP contribution in [0.15, 0.2) is 57.3 Å². The summed E-state index contributed by atoms with van der Waals surface area (Å²) in [4.78, 5) is 23.2. The van der Waals surface area contributed by atoms with Crippen LogP contribution in [-0.2, 0) is 22.6 Å². The number of thiophene rings is 1. The SMILES string of the molecule is COCCN(Cc1nc2scc(-c3ccc(Cl)cc3)c2c(=O)[nH]1)C[C@@H](O)COCc1ccco1. The number of methoxy groups -OCH3 is 1. The first-order valence-electron chi connectivity index (χ1n) is 10.8. The van der Waals surface area contributed by atoms with Crippen LogP contribution < -0.4 is 5.56 Å². The lowest BCUT2D eigenvalue weighted by atomic mass is 10.1. The summed E-state index contributed by atoms with van der Waals surface area (Å²) in [6.07, 6.45) is 0.860. The lowest BCUT2D eigenvalue weighted by Crippen LogP contribution is -2.37. The minimum atomic E-state index is -0.722. The molecular weight excluding hydrogens is 478 g/mol. The van der Waals surface area contributed by atoms with Crippen LogP contribution in [0.4, 0.5) is 0 Å². The predicted octanol–water partition coefficient (Wildman–Crippen LogP) is 3.92. The number of aromatic amines is 1. The van der Waals surface area contributed by atoms with Crippen LogP contribution in [0.25, 0.3) is 21.3 Å². The topological polar surface area (TPSA) is 101 Å². The van der Waals surface area contributed by atoms with Gasteiger partial charge in [0, 0.05) is 36.2 Å². The number of fused-ring (bicyclic) bond motifs is 1. The fourth-order valence-electron chi connectivity index (χ4n) is 3.62. The minimum absolute atomic E-state index is 0.155. The van der Waals surface area contributed by atoms with Crippen LogP contribution in [0, 0.1) is 0 Å². The van der Waals surface area contributed by atoms with Gasteiger partial charge in [-0.05, 0) is 29.8 Å². The Hall–Kier alpha value is -2.53. The van der Waals surface area contributed by atoms with Gasteiger partial charge in [-0.3, -0.25) is 9.69 Å². The molecule has 4 aromatic rings. The zero-order chi connectivity index (χ0) is 23.9. The van der Waals surface area contributed by atoms with Crippen molar-refractivity contribution in [2.45, 2.75) is 19.3 Å². The maximum atomic E-state index is 13.0. The number of H-pyrrole nitrogens is 1. The predicted molar refractivity (Wildman–Crippen MR) is 132 cm³/mol. The molecule has 1 atom stereocenters. The van der Waals surface area contributed by atoms with Gasteiger partial charge < -0.3 is 24.0 Å². The monoisotopic (exact) mass is 503 g/mol. The van der Waals surface area contributed by atoms with Gasteiger partial charge in [-0.1, -0.05) is 23.7 Å². The molecule has 0 aliphatic heterocycles. The maximum absolute atomic E-state index is 13.0. The average Bonchev–Trinajstić information content (AvgIpc) is 3.48. The van der Waals surface area contributed by atoms with Gasteiger partial charge in [0.05, 0.1) is 37.5 Å². The fourth-order valence-corrected chi connectivity index (χ4v) is 4.71. The molecule has 180 valence electrons. The highest BCUT2D eigenvalue weighted by Gasteiger charge is 2.17. The van der Waals surface area contributed by atoms with Crippen LogP contribution >= 0.6 is 22.9 Å². The Labute approximate surface area is 205 Å². The summed E-state index contributed by atoms with van der Waals surface area (Å²) in [6, 6.07) is 11.0. The van der Waals surface area contributed by atoms with E-state index in [1.807, 2.05) is 28.5 Å². The second kappa shape index (κ2) is 11.7. The normalized spacial score (nSPS) is 12.6. The van der Waals surface area contributed by atoms with Gasteiger partial charge in [-0.25, -0.2) is 4.98 Å². The van der Waals surface area contributed by atoms with Crippen LogP contribution in [0.2, 0.25) is 5.02 Å². The molecule has 3 aromatic heterocycles. The van der Waals surface area contributed by atoms with Crippen LogP contribution in [-0.4, -0.2) is 59.5 Å². The number of rotatable bonds is 12. The van der Waals surface area contributed by atoms with E-state index in [9.17, 15) is 9.90 Å². The van der Waals surface area contributed by atoms with Crippen molar-refractivity contribution in [2.75, 3.05) is 33.4 Å². The third-order valence-electron chi connectivity index (χ3n) is 5.24. The first kappa shape index (κ1) is 24.6. The Kier molecular flexibility index (Phi) is 8.49. The molecule has 8 nitrogen and oxygen atoms in total. The summed E-state index contributed by atoms with van der Waals surface area (Å²) in [5.41, 5.74) is 1.55. The molecule has 0 saturated carbocycles. The number of nitrogens with zero attached hydrogens (tertiary/aromatic N) is 2. The summed E-state index contributed by atoms with van der Waals surface area (Å²) >= 11 is 7.42. The molecule has 4 rings (SSSR count). The van der Waals surface area contributed by atoms with Gasteiger partial charge in [-0.15, -0.1) is 11.3 Å². The number of aliphatic hydroxyl groups is 1. The van der Waals surface area contributed by atoms with Crippen molar-refractivity contribution in [1.29, 1.82) is 0 Å². The van der Waals surface area contributed by atoms with Gasteiger partial charge in [0.25, 0.3) is 5.56 Å². The first-order chi connectivity index (χ1) is 16.5. The molecule has 0 amide bonds. The van der Waals surface area contributed by atoms with Gasteiger partial charge in [0.15, 0.2) is 0 Å². The molecule has 10 heteroatoms. The number of furan rings is 1. The quantitative estimate of drug-likeness (QED) is 0.302. The Morgan fingerprint density at radius 2 is 2.12 bits per heavy atom. The number of hydrogen-bond acceptors (Lipinski definition) is 8. The number of aliphatic hydroxyl groups excluding tert-OH is 1. The van der Waals surface area contributed by atoms with Crippen molar-refractivity contribution in [3.05, 3.63) is 75.0 Å². The molecule has 0 unspecified atom stereocenters. The lowest BCUT2D eigenvalue weighted by molar-refractivity contribution is 0.0000995. The first-order valence-corrected chi connectivity index (χ1v) is 12.0. The molecule has 0 spiro atoms. The minimum Gasteiger partial charge on any atom is -0.467 e. The third-order valence-corrected chi connectivity index (χ3v) is 6.36. The van der Waals surface area contributed by atoms with Gasteiger partial charge in [-0.2, -0.15) is 0 Å². The number of ether oxygens (including phenoxy) is 2. The van der Waals surface area contributed by atoms with Crippen molar-refractivity contribution in [1.82, 2.24) is 14.9 Å². The van der Waals surface area contributed by atoms with Crippen molar-refractivity contribution >= 4 is 33.2 Å². The van der Waals surface area contributed by atoms with E-state index in [-0.39, 0.29) is 12.2 Å². The molecule has 0 bridgehead atoms. The molecule has 2 N–H and O–H groups in total. The Bertz CT molecular complexity index is 1240. The number of halogens is 1. The molecule has 0 aliphatic carbocycles. The Morgan fingerprint density at radius 1 is 1.29 bits per heavy atom. The highest BCUT2D eigenvalue weighted by molar-refractivity contribution is 7.17. The zero-order valence-corrected chi connectivity index (χ0v) is 20.3. The van der Waals surface area contributed by atoms with E-state index in [1.54, 1.807) is 31.6 Å². The van der Waals surface area contributed by atoms with Crippen molar-refractivity contribution in [3.8, 4) is 11.1 Å². The number of benzene rings is 1. The highest BCUT2D eigenvalue weighted by Crippen LogP contribution is 2.31. The van der Waals surface area contributed by atoms with E-state index >= 15 is 0 Å². The highest BCUT2D eigenvalue weighted by atomic mass is 35.5. The smallest absolute Gasteiger partial charge is 0.260 e. The van der Waals surface area contributed by atoms with Gasteiger partial charge >= 0.3 is 0 Å². The van der Waals surface area contributed by atoms with Crippen molar-refractivity contribution < 1.29 is 19.0 Å². The largest absolute Gasteiger partial charge is 0.467 e. The summed E-state index contributed by atoms with van der Waals surface area (Å²) in [5.74, 6) is 1.23. The van der Waals surface area contributed by atoms with Gasteiger partial charge in [0.2, 0.25) is 0 Å². The second-order valence-electron chi connectivity index (χ2n) is 7.83. The van der Waals surface area contributed by atoms with Crippen molar-refractivity contribution in [2.24, 2.45) is 0 Å². The Morgan fingerprint density at radius 3 is 2.85 bits per heavy atom. The van der Waals surface area contributed by atoms with E-state index in [0.29, 0.717) is 59.7 Å². The summed E-state index contributed by atoms with van der Waals surface area (Å²) in [7, 11) is 1.62. The molecule has 0 aliphatic rings. The van der Waals surface area contributed by atoms with E-state index in [2.05, 4.69) is 9.97 Å². The molecule has 0 radical (unpaired) electrons. The second-order valence-corrected chi connectivity index (χ2v) is 9.12. The van der Waals surface area contributed by atoms with Crippen LogP contribution in [0.3, 0.4) is 0 Å². The fraction of sp³-hybridized carbons (Fsp3) is 0.333. The standard InChI is InChI=1S/C24H26ClN3O5S/c1-31-10-8-28(11-18(29)13-32-14-19-3-2-9-33-19)12-21-26-23(30)22-20(15-34-24(22)27-21)16-4-6-17(25)7-5-16/h2-7,9,15,18,29H,8,10-14H2,1H3,(H,26,27,30)/t18-/m1/s1. The van der Waals surface area contributed by atoms with E-state index in [0.717, 1.165) is 11.1 Å². The number of hydrogen-bond donors (Lipinski definition) is 2. The van der Waals surface area contributed by atoms with Crippen molar-refractivity contribution in [3.63, 3.8) is 0 Å². The number of nitrogens with one attached hydrogen (secondary N) is 1. The average molecular weight is 504 g/mol. The Balaban J connectivity index is 1.45. The molecule has 0 fully saturated rings. The lowest BCUT2D eigenvalue weighted by Gasteiger charge is -2.24. The van der Waals surface area contributed by atoms with E-state index in [4.69, 9.17) is 25.5 Å². The molecular formula is C24H26ClN3O5S. The third kappa shape index (κ3) is 6.32. The molecule has 1 aromatic carbocycles. The van der Waals surface area contributed by atoms with Gasteiger partial charge in [0.1, 0.15) is 23.0 Å². The summed E-state index contributed by atoms with van der Waals surface area (Å²) in [5, 5.41) is 13.6. The summed E-state index contributed by atoms with van der Waals surface area (Å²) in [6.45, 7) is 2.19. The molecule has 3 heterocycles. The number of aromatic nitrogens is 2. The molecule has 34 heavy (non-hydrogen) atoms. The van der Waals surface area contributed by atoms with E-state index in [1.165, 1.54) is 11.3 Å². The van der Waals surface area contributed by atoms with Crippen LogP contribution in [0.5, 0.6) is 0 Å². The van der Waals surface area contributed by atoms with E-state index < -0.39 is 6.10 Å². The zero-order valence-electron chi connectivity index (χ0n) is 18.7.